The van der Waals surface area contributed by atoms with E-state index in [2.05, 4.69) is 126 Å². The summed E-state index contributed by atoms with van der Waals surface area (Å²) in [5.41, 5.74) is 8.72. The quantitative estimate of drug-likeness (QED) is 0.274. The van der Waals surface area contributed by atoms with Crippen LogP contribution in [0.2, 0.25) is 0 Å². The molecule has 0 saturated heterocycles. The van der Waals surface area contributed by atoms with Gasteiger partial charge in [-0.3, -0.25) is 0 Å². The first-order valence-corrected chi connectivity index (χ1v) is 12.3. The van der Waals surface area contributed by atoms with E-state index in [1.807, 2.05) is 0 Å². The van der Waals surface area contributed by atoms with Crippen LogP contribution in [0.15, 0.2) is 126 Å². The topological polar surface area (TPSA) is 28.9 Å². The number of nitrogens with one attached hydrogen (secondary N) is 1. The van der Waals surface area contributed by atoms with E-state index in [4.69, 9.17) is 4.42 Å². The molecule has 0 unspecified atom stereocenters. The van der Waals surface area contributed by atoms with Crippen LogP contribution in [-0.2, 0) is 0 Å². The Labute approximate surface area is 207 Å². The van der Waals surface area contributed by atoms with Crippen molar-refractivity contribution in [3.8, 4) is 22.3 Å². The number of H-pyrrole nitrogens is 1. The fourth-order valence-corrected chi connectivity index (χ4v) is 5.65. The molecule has 2 aromatic heterocycles. The third kappa shape index (κ3) is 2.79. The standard InChI is InChI=1S/C34H21NO/c1-2-8-22-19-23(16-15-21(22)7-1)25-10-5-12-28-29-13-6-11-26(34(29)36-33(25)28)24-17-18-32-30(20-24)27-9-3-4-14-31(27)35-32/h1-20,35H. The summed E-state index contributed by atoms with van der Waals surface area (Å²) in [6.07, 6.45) is 0. The predicted molar refractivity (Wildman–Crippen MR) is 151 cm³/mol. The number of para-hydroxylation sites is 3. The minimum absolute atomic E-state index is 0.930. The van der Waals surface area contributed by atoms with Crippen molar-refractivity contribution in [2.24, 2.45) is 0 Å². The molecular weight excluding hydrogens is 438 g/mol. The molecule has 0 atom stereocenters. The third-order valence-corrected chi connectivity index (χ3v) is 7.40. The highest BCUT2D eigenvalue weighted by Gasteiger charge is 2.16. The molecular formula is C34H21NO. The van der Waals surface area contributed by atoms with Crippen molar-refractivity contribution < 1.29 is 4.42 Å². The summed E-state index contributed by atoms with van der Waals surface area (Å²) in [5.74, 6) is 0. The molecule has 0 aliphatic rings. The van der Waals surface area contributed by atoms with Crippen LogP contribution in [0.4, 0.5) is 0 Å². The average Bonchev–Trinajstić information content (AvgIpc) is 3.51. The van der Waals surface area contributed by atoms with Gasteiger partial charge in [0.1, 0.15) is 11.2 Å². The summed E-state index contributed by atoms with van der Waals surface area (Å²) in [6, 6.07) is 43.1. The first kappa shape index (κ1) is 19.5. The highest BCUT2D eigenvalue weighted by atomic mass is 16.3. The zero-order valence-electron chi connectivity index (χ0n) is 19.5. The van der Waals surface area contributed by atoms with Crippen molar-refractivity contribution in [2.75, 3.05) is 0 Å². The van der Waals surface area contributed by atoms with Gasteiger partial charge in [-0.1, -0.05) is 97.1 Å². The second-order valence-corrected chi connectivity index (χ2v) is 9.46. The first-order chi connectivity index (χ1) is 17.8. The molecule has 0 saturated carbocycles. The number of furan rings is 1. The van der Waals surface area contributed by atoms with Gasteiger partial charge in [-0.05, 0) is 46.2 Å². The van der Waals surface area contributed by atoms with E-state index in [1.165, 1.54) is 27.1 Å². The normalized spacial score (nSPS) is 11.9. The van der Waals surface area contributed by atoms with Gasteiger partial charge in [0.05, 0.1) is 0 Å². The molecule has 8 rings (SSSR count). The molecule has 1 N–H and O–H groups in total. The summed E-state index contributed by atoms with van der Waals surface area (Å²) < 4.78 is 6.71. The van der Waals surface area contributed by atoms with Crippen molar-refractivity contribution in [3.05, 3.63) is 121 Å². The number of hydrogen-bond donors (Lipinski definition) is 1. The highest BCUT2D eigenvalue weighted by molar-refractivity contribution is 6.14. The van der Waals surface area contributed by atoms with Gasteiger partial charge in [0.25, 0.3) is 0 Å². The molecule has 8 aromatic rings. The number of fused-ring (bicyclic) bond motifs is 7. The van der Waals surface area contributed by atoms with Crippen LogP contribution in [-0.4, -0.2) is 4.98 Å². The number of hydrogen-bond acceptors (Lipinski definition) is 1. The number of benzene rings is 6. The Morgan fingerprint density at radius 3 is 1.83 bits per heavy atom. The van der Waals surface area contributed by atoms with Gasteiger partial charge in [0, 0.05) is 43.7 Å². The van der Waals surface area contributed by atoms with Crippen LogP contribution in [0.25, 0.3) is 76.8 Å². The molecule has 2 heterocycles. The molecule has 0 spiro atoms. The van der Waals surface area contributed by atoms with Gasteiger partial charge in [-0.25, -0.2) is 0 Å². The maximum absolute atomic E-state index is 6.71. The summed E-state index contributed by atoms with van der Waals surface area (Å²) in [7, 11) is 0. The van der Waals surface area contributed by atoms with Gasteiger partial charge in [-0.15, -0.1) is 0 Å². The van der Waals surface area contributed by atoms with Crippen molar-refractivity contribution >= 4 is 54.5 Å². The first-order valence-electron chi connectivity index (χ1n) is 12.3. The van der Waals surface area contributed by atoms with Crippen LogP contribution in [0, 0.1) is 0 Å². The van der Waals surface area contributed by atoms with Crippen LogP contribution < -0.4 is 0 Å². The summed E-state index contributed by atoms with van der Waals surface area (Å²) in [5, 5.41) is 7.23. The lowest BCUT2D eigenvalue weighted by Crippen LogP contribution is -1.80. The summed E-state index contributed by atoms with van der Waals surface area (Å²) in [4.78, 5) is 3.53. The lowest BCUT2D eigenvalue weighted by molar-refractivity contribution is 0.671. The predicted octanol–water partition coefficient (Wildman–Crippen LogP) is 9.71. The van der Waals surface area contributed by atoms with E-state index < -0.39 is 0 Å². The molecule has 0 aliphatic heterocycles. The summed E-state index contributed by atoms with van der Waals surface area (Å²) >= 11 is 0. The van der Waals surface area contributed by atoms with E-state index in [9.17, 15) is 0 Å². The molecule has 0 bridgehead atoms. The second kappa shape index (κ2) is 7.34. The number of aromatic nitrogens is 1. The Bertz CT molecular complexity index is 2110. The van der Waals surface area contributed by atoms with E-state index in [-0.39, 0.29) is 0 Å². The van der Waals surface area contributed by atoms with E-state index >= 15 is 0 Å². The maximum Gasteiger partial charge on any atom is 0.143 e. The molecule has 2 nitrogen and oxygen atoms in total. The van der Waals surface area contributed by atoms with Gasteiger partial charge >= 0.3 is 0 Å². The van der Waals surface area contributed by atoms with Gasteiger partial charge in [0.15, 0.2) is 0 Å². The monoisotopic (exact) mass is 459 g/mol. The SMILES string of the molecule is c1ccc2cc(-c3cccc4c3oc3c(-c5ccc6[nH]c7ccccc7c6c5)cccc34)ccc2c1. The second-order valence-electron chi connectivity index (χ2n) is 9.46. The molecule has 168 valence electrons. The fourth-order valence-electron chi connectivity index (χ4n) is 5.65. The van der Waals surface area contributed by atoms with E-state index in [0.29, 0.717) is 0 Å². The largest absolute Gasteiger partial charge is 0.455 e. The van der Waals surface area contributed by atoms with Crippen molar-refractivity contribution in [1.82, 2.24) is 4.98 Å². The molecule has 0 amide bonds. The molecule has 2 heteroatoms. The molecule has 0 radical (unpaired) electrons. The smallest absolute Gasteiger partial charge is 0.143 e. The highest BCUT2D eigenvalue weighted by Crippen LogP contribution is 2.41. The zero-order chi connectivity index (χ0) is 23.6. The average molecular weight is 460 g/mol. The number of aromatic amines is 1. The van der Waals surface area contributed by atoms with E-state index in [1.54, 1.807) is 0 Å². The Morgan fingerprint density at radius 1 is 0.417 bits per heavy atom. The Hall–Kier alpha value is -4.82. The number of rotatable bonds is 2. The Morgan fingerprint density at radius 2 is 1.03 bits per heavy atom. The minimum atomic E-state index is 0.930. The van der Waals surface area contributed by atoms with Crippen molar-refractivity contribution in [2.45, 2.75) is 0 Å². The van der Waals surface area contributed by atoms with Gasteiger partial charge < -0.3 is 9.40 Å². The fraction of sp³-hybridized carbons (Fsp3) is 0. The minimum Gasteiger partial charge on any atom is -0.455 e. The molecule has 0 fully saturated rings. The van der Waals surface area contributed by atoms with Crippen LogP contribution in [0.5, 0.6) is 0 Å². The van der Waals surface area contributed by atoms with Gasteiger partial charge in [-0.2, -0.15) is 0 Å². The maximum atomic E-state index is 6.71. The van der Waals surface area contributed by atoms with Crippen molar-refractivity contribution in [3.63, 3.8) is 0 Å². The summed E-state index contributed by atoms with van der Waals surface area (Å²) in [6.45, 7) is 0. The van der Waals surface area contributed by atoms with E-state index in [0.717, 1.165) is 49.7 Å². The molecule has 36 heavy (non-hydrogen) atoms. The Kier molecular flexibility index (Phi) is 3.97. The van der Waals surface area contributed by atoms with Crippen LogP contribution in [0.3, 0.4) is 0 Å². The molecule has 6 aromatic carbocycles. The lowest BCUT2D eigenvalue weighted by atomic mass is 9.98. The van der Waals surface area contributed by atoms with Gasteiger partial charge in [0.2, 0.25) is 0 Å². The molecule has 0 aliphatic carbocycles. The Balaban J connectivity index is 1.37. The van der Waals surface area contributed by atoms with Crippen molar-refractivity contribution in [1.29, 1.82) is 0 Å². The third-order valence-electron chi connectivity index (χ3n) is 7.40. The van der Waals surface area contributed by atoms with Crippen LogP contribution in [0.1, 0.15) is 0 Å². The zero-order valence-corrected chi connectivity index (χ0v) is 19.5. The van der Waals surface area contributed by atoms with Crippen LogP contribution >= 0.6 is 0 Å². The lowest BCUT2D eigenvalue weighted by Gasteiger charge is -2.05.